The Labute approximate surface area is 156 Å². The van der Waals surface area contributed by atoms with Gasteiger partial charge in [-0.25, -0.2) is 9.67 Å². The van der Waals surface area contributed by atoms with Crippen molar-refractivity contribution in [2.45, 2.75) is 37.8 Å². The first-order chi connectivity index (χ1) is 13.2. The zero-order valence-electron chi connectivity index (χ0n) is 14.7. The minimum absolute atomic E-state index is 0.0793. The van der Waals surface area contributed by atoms with Gasteiger partial charge < -0.3 is 10.4 Å². The van der Waals surface area contributed by atoms with Crippen LogP contribution in [0.15, 0.2) is 42.6 Å². The van der Waals surface area contributed by atoms with Crippen molar-refractivity contribution in [2.75, 3.05) is 0 Å². The zero-order valence-corrected chi connectivity index (χ0v) is 14.7. The van der Waals surface area contributed by atoms with Crippen LogP contribution in [0, 0.1) is 11.3 Å². The molecule has 0 bridgehead atoms. The number of nitrogens with zero attached hydrogens (tertiary/aromatic N) is 4. The molecule has 0 radical (unpaired) electrons. The number of nitriles is 1. The summed E-state index contributed by atoms with van der Waals surface area (Å²) < 4.78 is 1.66. The Hall–Kier alpha value is -3.24. The van der Waals surface area contributed by atoms with Crippen molar-refractivity contribution in [3.8, 4) is 11.8 Å². The highest BCUT2D eigenvalue weighted by Gasteiger charge is 2.21. The van der Waals surface area contributed by atoms with Crippen molar-refractivity contribution in [1.29, 1.82) is 5.26 Å². The van der Waals surface area contributed by atoms with E-state index in [0.29, 0.717) is 29.9 Å². The second kappa shape index (κ2) is 7.17. The van der Waals surface area contributed by atoms with E-state index in [4.69, 9.17) is 0 Å². The number of pyridine rings is 1. The van der Waals surface area contributed by atoms with Crippen LogP contribution in [0.2, 0.25) is 0 Å². The summed E-state index contributed by atoms with van der Waals surface area (Å²) in [6.45, 7) is 0. The molecule has 0 spiro atoms. The quantitative estimate of drug-likeness (QED) is 0.745. The summed E-state index contributed by atoms with van der Waals surface area (Å²) in [4.78, 5) is 16.7. The van der Waals surface area contributed by atoms with E-state index in [0.717, 1.165) is 23.7 Å². The van der Waals surface area contributed by atoms with Gasteiger partial charge in [-0.05, 0) is 49.9 Å². The van der Waals surface area contributed by atoms with Crippen LogP contribution >= 0.6 is 0 Å². The monoisotopic (exact) mass is 361 g/mol. The van der Waals surface area contributed by atoms with Crippen LogP contribution in [-0.2, 0) is 0 Å². The predicted molar refractivity (Wildman–Crippen MR) is 99.3 cm³/mol. The Morgan fingerprint density at radius 3 is 2.67 bits per heavy atom. The third-order valence-electron chi connectivity index (χ3n) is 4.95. The number of amides is 1. The molecular formula is C20H19N5O2. The highest BCUT2D eigenvalue weighted by Crippen LogP contribution is 2.22. The number of fused-ring (bicyclic) bond motifs is 1. The molecule has 27 heavy (non-hydrogen) atoms. The summed E-state index contributed by atoms with van der Waals surface area (Å²) >= 11 is 0. The Bertz CT molecular complexity index is 1010. The van der Waals surface area contributed by atoms with E-state index in [9.17, 15) is 15.2 Å². The van der Waals surface area contributed by atoms with Gasteiger partial charge in [-0.1, -0.05) is 12.1 Å². The molecule has 7 nitrogen and oxygen atoms in total. The normalized spacial score (nSPS) is 19.6. The number of aromatic nitrogens is 3. The van der Waals surface area contributed by atoms with Crippen LogP contribution in [0.5, 0.6) is 0 Å². The molecule has 2 aromatic heterocycles. The lowest BCUT2D eigenvalue weighted by atomic mass is 9.93. The molecule has 0 aliphatic heterocycles. The maximum Gasteiger partial charge on any atom is 0.270 e. The molecule has 1 aliphatic carbocycles. The topological polar surface area (TPSA) is 104 Å². The van der Waals surface area contributed by atoms with Gasteiger partial charge >= 0.3 is 0 Å². The standard InChI is InChI=1S/C20H19N5O2/c21-11-18-16-3-1-2-4-19(16)25(24-18)14-7-10-17(22-12-14)20(27)23-13-5-8-15(26)9-6-13/h1-4,7,10,12-13,15,26H,5-6,8-9H2,(H,23,27). The number of carbonyl (C=O) groups is 1. The van der Waals surface area contributed by atoms with Gasteiger partial charge in [0.15, 0.2) is 5.69 Å². The molecule has 2 N–H and O–H groups in total. The van der Waals surface area contributed by atoms with Gasteiger partial charge in [-0.15, -0.1) is 0 Å². The summed E-state index contributed by atoms with van der Waals surface area (Å²) in [5.74, 6) is -0.217. The highest BCUT2D eigenvalue weighted by molar-refractivity contribution is 5.92. The first-order valence-electron chi connectivity index (χ1n) is 8.99. The molecule has 7 heteroatoms. The number of hydrogen-bond acceptors (Lipinski definition) is 5. The van der Waals surface area contributed by atoms with Gasteiger partial charge in [0, 0.05) is 11.4 Å². The summed E-state index contributed by atoms with van der Waals surface area (Å²) in [7, 11) is 0. The number of benzene rings is 1. The molecule has 0 atom stereocenters. The molecule has 136 valence electrons. The lowest BCUT2D eigenvalue weighted by Crippen LogP contribution is -2.38. The molecule has 2 heterocycles. The van der Waals surface area contributed by atoms with E-state index >= 15 is 0 Å². The number of hydrogen-bond donors (Lipinski definition) is 2. The Kier molecular flexibility index (Phi) is 4.57. The Morgan fingerprint density at radius 2 is 1.96 bits per heavy atom. The van der Waals surface area contributed by atoms with Gasteiger partial charge in [0.1, 0.15) is 11.8 Å². The summed E-state index contributed by atoms with van der Waals surface area (Å²) in [5.41, 5.74) is 2.19. The molecule has 1 amide bonds. The maximum absolute atomic E-state index is 12.4. The van der Waals surface area contributed by atoms with Crippen molar-refractivity contribution >= 4 is 16.8 Å². The molecular weight excluding hydrogens is 342 g/mol. The van der Waals surface area contributed by atoms with Crippen LogP contribution < -0.4 is 5.32 Å². The molecule has 0 saturated heterocycles. The third kappa shape index (κ3) is 3.39. The molecule has 1 fully saturated rings. The fraction of sp³-hybridized carbons (Fsp3) is 0.300. The van der Waals surface area contributed by atoms with E-state index < -0.39 is 0 Å². The van der Waals surface area contributed by atoms with Crippen molar-refractivity contribution in [3.63, 3.8) is 0 Å². The average molecular weight is 361 g/mol. The van der Waals surface area contributed by atoms with E-state index in [2.05, 4.69) is 21.5 Å². The summed E-state index contributed by atoms with van der Waals surface area (Å²) in [5, 5.41) is 26.9. The SMILES string of the molecule is N#Cc1nn(-c2ccc(C(=O)NC3CCC(O)CC3)nc2)c2ccccc12. The number of aliphatic hydroxyl groups is 1. The molecule has 0 unspecified atom stereocenters. The number of nitrogens with one attached hydrogen (secondary N) is 1. The number of rotatable bonds is 3. The predicted octanol–water partition coefficient (Wildman–Crippen LogP) is 2.33. The lowest BCUT2D eigenvalue weighted by Gasteiger charge is -2.26. The smallest absolute Gasteiger partial charge is 0.270 e. The zero-order chi connectivity index (χ0) is 18.8. The van der Waals surface area contributed by atoms with Gasteiger partial charge in [0.05, 0.1) is 23.5 Å². The third-order valence-corrected chi connectivity index (χ3v) is 4.95. The van der Waals surface area contributed by atoms with Crippen molar-refractivity contribution in [2.24, 2.45) is 0 Å². The van der Waals surface area contributed by atoms with E-state index in [1.54, 1.807) is 23.0 Å². The average Bonchev–Trinajstić information content (AvgIpc) is 3.09. The van der Waals surface area contributed by atoms with E-state index in [-0.39, 0.29) is 18.1 Å². The molecule has 1 aliphatic rings. The van der Waals surface area contributed by atoms with E-state index in [1.165, 1.54) is 0 Å². The number of aliphatic hydroxyl groups excluding tert-OH is 1. The molecule has 3 aromatic rings. The second-order valence-electron chi connectivity index (χ2n) is 6.77. The molecule has 1 saturated carbocycles. The van der Waals surface area contributed by atoms with Gasteiger partial charge in [-0.2, -0.15) is 10.4 Å². The molecule has 1 aromatic carbocycles. The second-order valence-corrected chi connectivity index (χ2v) is 6.77. The van der Waals surface area contributed by atoms with Crippen LogP contribution in [0.25, 0.3) is 16.6 Å². The van der Waals surface area contributed by atoms with Gasteiger partial charge in [0.2, 0.25) is 0 Å². The van der Waals surface area contributed by atoms with E-state index in [1.807, 2.05) is 24.3 Å². The fourth-order valence-electron chi connectivity index (χ4n) is 3.47. The Morgan fingerprint density at radius 1 is 1.19 bits per heavy atom. The largest absolute Gasteiger partial charge is 0.393 e. The van der Waals surface area contributed by atoms with Gasteiger partial charge in [-0.3, -0.25) is 4.79 Å². The van der Waals surface area contributed by atoms with Crippen LogP contribution in [0.3, 0.4) is 0 Å². The number of carbonyl (C=O) groups excluding carboxylic acids is 1. The molecule has 4 rings (SSSR count). The maximum atomic E-state index is 12.4. The summed E-state index contributed by atoms with van der Waals surface area (Å²) in [6, 6.07) is 13.1. The minimum Gasteiger partial charge on any atom is -0.393 e. The van der Waals surface area contributed by atoms with Crippen LogP contribution in [0.4, 0.5) is 0 Å². The first-order valence-corrected chi connectivity index (χ1v) is 8.99. The first kappa shape index (κ1) is 17.2. The summed E-state index contributed by atoms with van der Waals surface area (Å²) in [6.07, 6.45) is 4.32. The Balaban J connectivity index is 1.54. The number of para-hydroxylation sites is 1. The van der Waals surface area contributed by atoms with Crippen LogP contribution in [0.1, 0.15) is 41.9 Å². The lowest BCUT2D eigenvalue weighted by molar-refractivity contribution is 0.0863. The van der Waals surface area contributed by atoms with Crippen molar-refractivity contribution in [1.82, 2.24) is 20.1 Å². The highest BCUT2D eigenvalue weighted by atomic mass is 16.3. The van der Waals surface area contributed by atoms with Gasteiger partial charge in [0.25, 0.3) is 5.91 Å². The van der Waals surface area contributed by atoms with Crippen molar-refractivity contribution in [3.05, 3.63) is 54.0 Å². The minimum atomic E-state index is -0.252. The van der Waals surface area contributed by atoms with Crippen LogP contribution in [-0.4, -0.2) is 37.9 Å². The van der Waals surface area contributed by atoms with Crippen molar-refractivity contribution < 1.29 is 9.90 Å². The fourth-order valence-corrected chi connectivity index (χ4v) is 3.47.